The highest BCUT2D eigenvalue weighted by atomic mass is 15.6. The van der Waals surface area contributed by atoms with Gasteiger partial charge in [0.2, 0.25) is 0 Å². The molecule has 4 aromatic rings. The molecule has 0 saturated heterocycles. The monoisotopic (exact) mass is 412 g/mol. The van der Waals surface area contributed by atoms with Crippen molar-refractivity contribution in [1.29, 1.82) is 0 Å². The number of fused-ring (bicyclic) bond motifs is 3. The van der Waals surface area contributed by atoms with Crippen molar-refractivity contribution in [2.45, 2.75) is 50.7 Å². The van der Waals surface area contributed by atoms with Gasteiger partial charge in [-0.3, -0.25) is 5.32 Å². The van der Waals surface area contributed by atoms with Crippen LogP contribution < -0.4 is 5.32 Å². The van der Waals surface area contributed by atoms with E-state index in [0.717, 1.165) is 46.9 Å². The van der Waals surface area contributed by atoms with Crippen molar-refractivity contribution in [3.63, 3.8) is 0 Å². The Morgan fingerprint density at radius 1 is 0.839 bits per heavy atom. The molecule has 2 aliphatic rings. The van der Waals surface area contributed by atoms with Crippen LogP contribution in [0, 0.1) is 0 Å². The van der Waals surface area contributed by atoms with Gasteiger partial charge in [0.25, 0.3) is 0 Å². The molecule has 1 saturated carbocycles. The highest BCUT2D eigenvalue weighted by molar-refractivity contribution is 5.63. The molecule has 156 valence electrons. The molecule has 2 aromatic carbocycles. The standard InChI is InChI=1S/C23H24N8/c1-3-9-16(10-4-1)21-20-15-24-22(18-13-7-8-14-19(18)31(20)28-25-21)23-26-27-29-30(23)17-11-5-2-6-12-17/h1,3-4,7-10,13-14,17,22,24H,2,5-6,11-12,15H2. The molecular weight excluding hydrogens is 388 g/mol. The summed E-state index contributed by atoms with van der Waals surface area (Å²) in [7, 11) is 0. The fourth-order valence-corrected chi connectivity index (χ4v) is 4.91. The van der Waals surface area contributed by atoms with Crippen LogP contribution >= 0.6 is 0 Å². The minimum absolute atomic E-state index is 0.113. The predicted octanol–water partition coefficient (Wildman–Crippen LogP) is 3.62. The topological polar surface area (TPSA) is 86.3 Å². The SMILES string of the molecule is c1ccc(-c2nnn3c2CNC(c2nnnn2C2CCCCC2)c2ccccc2-3)cc1. The number of hydrogen-bond acceptors (Lipinski definition) is 6. The number of benzene rings is 2. The molecule has 6 rings (SSSR count). The summed E-state index contributed by atoms with van der Waals surface area (Å²) >= 11 is 0. The molecule has 0 radical (unpaired) electrons. The van der Waals surface area contributed by atoms with Crippen molar-refractivity contribution >= 4 is 0 Å². The van der Waals surface area contributed by atoms with E-state index in [-0.39, 0.29) is 6.04 Å². The minimum atomic E-state index is -0.113. The Balaban J connectivity index is 1.44. The molecule has 0 bridgehead atoms. The van der Waals surface area contributed by atoms with Gasteiger partial charge in [-0.25, -0.2) is 9.36 Å². The highest BCUT2D eigenvalue weighted by Crippen LogP contribution is 2.35. The summed E-state index contributed by atoms with van der Waals surface area (Å²) in [6.45, 7) is 0.619. The molecule has 8 nitrogen and oxygen atoms in total. The van der Waals surface area contributed by atoms with Crippen LogP contribution in [0.5, 0.6) is 0 Å². The third-order valence-corrected chi connectivity index (χ3v) is 6.46. The number of rotatable bonds is 3. The maximum absolute atomic E-state index is 4.53. The number of tetrazole rings is 1. The molecule has 8 heteroatoms. The van der Waals surface area contributed by atoms with Gasteiger partial charge in [0.15, 0.2) is 5.82 Å². The largest absolute Gasteiger partial charge is 0.298 e. The van der Waals surface area contributed by atoms with Crippen molar-refractivity contribution in [2.24, 2.45) is 0 Å². The highest BCUT2D eigenvalue weighted by Gasteiger charge is 2.31. The number of nitrogens with zero attached hydrogens (tertiary/aromatic N) is 7. The molecule has 0 spiro atoms. The van der Waals surface area contributed by atoms with Gasteiger partial charge in [-0.15, -0.1) is 10.2 Å². The zero-order valence-electron chi connectivity index (χ0n) is 17.2. The van der Waals surface area contributed by atoms with Crippen molar-refractivity contribution in [3.05, 3.63) is 71.7 Å². The van der Waals surface area contributed by atoms with Crippen molar-refractivity contribution < 1.29 is 0 Å². The molecule has 1 unspecified atom stereocenters. The lowest BCUT2D eigenvalue weighted by molar-refractivity contribution is 0.311. The van der Waals surface area contributed by atoms with E-state index >= 15 is 0 Å². The summed E-state index contributed by atoms with van der Waals surface area (Å²) in [5, 5.41) is 25.7. The average Bonchev–Trinajstić information content (AvgIpc) is 3.45. The normalized spacial score (nSPS) is 18.9. The summed E-state index contributed by atoms with van der Waals surface area (Å²) in [5.41, 5.74) is 5.12. The van der Waals surface area contributed by atoms with Crippen LogP contribution in [0.25, 0.3) is 16.9 Å². The molecule has 2 aromatic heterocycles. The van der Waals surface area contributed by atoms with E-state index in [4.69, 9.17) is 0 Å². The fourth-order valence-electron chi connectivity index (χ4n) is 4.91. The predicted molar refractivity (Wildman–Crippen MR) is 115 cm³/mol. The Morgan fingerprint density at radius 3 is 2.52 bits per heavy atom. The first-order valence-electron chi connectivity index (χ1n) is 11.0. The second kappa shape index (κ2) is 7.70. The van der Waals surface area contributed by atoms with Crippen LogP contribution in [0.3, 0.4) is 0 Å². The minimum Gasteiger partial charge on any atom is -0.298 e. The van der Waals surface area contributed by atoms with Crippen LogP contribution in [0.2, 0.25) is 0 Å². The van der Waals surface area contributed by atoms with E-state index in [9.17, 15) is 0 Å². The zero-order valence-corrected chi connectivity index (χ0v) is 17.2. The maximum atomic E-state index is 4.53. The molecule has 3 heterocycles. The molecule has 31 heavy (non-hydrogen) atoms. The van der Waals surface area contributed by atoms with E-state index in [1.54, 1.807) is 0 Å². The van der Waals surface area contributed by atoms with Crippen LogP contribution in [0.1, 0.15) is 61.3 Å². The number of hydrogen-bond donors (Lipinski definition) is 1. The first-order valence-corrected chi connectivity index (χ1v) is 11.0. The Hall–Kier alpha value is -3.39. The summed E-state index contributed by atoms with van der Waals surface area (Å²) < 4.78 is 4.01. The van der Waals surface area contributed by atoms with Gasteiger partial charge >= 0.3 is 0 Å². The van der Waals surface area contributed by atoms with E-state index < -0.39 is 0 Å². The molecular formula is C23H24N8. The van der Waals surface area contributed by atoms with Gasteiger partial charge in [-0.05, 0) is 29.3 Å². The van der Waals surface area contributed by atoms with Gasteiger partial charge in [-0.1, -0.05) is 73.0 Å². The zero-order chi connectivity index (χ0) is 20.6. The molecule has 1 N–H and O–H groups in total. The van der Waals surface area contributed by atoms with Crippen molar-refractivity contribution in [1.82, 2.24) is 40.5 Å². The Morgan fingerprint density at radius 2 is 1.65 bits per heavy atom. The van der Waals surface area contributed by atoms with Gasteiger partial charge in [-0.2, -0.15) is 0 Å². The first kappa shape index (κ1) is 18.4. The maximum Gasteiger partial charge on any atom is 0.173 e. The van der Waals surface area contributed by atoms with Gasteiger partial charge in [0, 0.05) is 17.7 Å². The number of para-hydroxylation sites is 1. The fraction of sp³-hybridized carbons (Fsp3) is 0.348. The smallest absolute Gasteiger partial charge is 0.173 e. The Labute approximate surface area is 180 Å². The average molecular weight is 413 g/mol. The van der Waals surface area contributed by atoms with E-state index in [2.05, 4.69) is 66.2 Å². The van der Waals surface area contributed by atoms with Crippen LogP contribution in [0.15, 0.2) is 54.6 Å². The summed E-state index contributed by atoms with van der Waals surface area (Å²) in [5.74, 6) is 0.874. The van der Waals surface area contributed by atoms with Gasteiger partial charge in [0.1, 0.15) is 5.69 Å². The van der Waals surface area contributed by atoms with Crippen LogP contribution in [-0.4, -0.2) is 35.2 Å². The third kappa shape index (κ3) is 3.14. The summed E-state index contributed by atoms with van der Waals surface area (Å²) in [4.78, 5) is 0. The molecule has 0 amide bonds. The van der Waals surface area contributed by atoms with Crippen molar-refractivity contribution in [3.8, 4) is 16.9 Å². The van der Waals surface area contributed by atoms with E-state index in [1.807, 2.05) is 28.9 Å². The lowest BCUT2D eigenvalue weighted by Crippen LogP contribution is -2.27. The van der Waals surface area contributed by atoms with E-state index in [1.165, 1.54) is 19.3 Å². The summed E-state index contributed by atoms with van der Waals surface area (Å²) in [6, 6.07) is 18.8. The lowest BCUT2D eigenvalue weighted by atomic mass is 9.95. The second-order valence-corrected chi connectivity index (χ2v) is 8.31. The Bertz CT molecular complexity index is 1190. The third-order valence-electron chi connectivity index (χ3n) is 6.46. The molecule has 1 aliphatic heterocycles. The molecule has 1 fully saturated rings. The first-order chi connectivity index (χ1) is 15.4. The number of nitrogens with one attached hydrogen (secondary N) is 1. The second-order valence-electron chi connectivity index (χ2n) is 8.31. The van der Waals surface area contributed by atoms with E-state index in [0.29, 0.717) is 12.6 Å². The van der Waals surface area contributed by atoms with Crippen molar-refractivity contribution in [2.75, 3.05) is 0 Å². The van der Waals surface area contributed by atoms with Gasteiger partial charge in [0.05, 0.1) is 23.5 Å². The molecule has 1 atom stereocenters. The quantitative estimate of drug-likeness (QED) is 0.553. The lowest BCUT2D eigenvalue weighted by Gasteiger charge is -2.25. The van der Waals surface area contributed by atoms with Crippen LogP contribution in [-0.2, 0) is 6.54 Å². The summed E-state index contributed by atoms with van der Waals surface area (Å²) in [6.07, 6.45) is 6.04. The van der Waals surface area contributed by atoms with Crippen LogP contribution in [0.4, 0.5) is 0 Å². The Kier molecular flexibility index (Phi) is 4.57. The van der Waals surface area contributed by atoms with Gasteiger partial charge < -0.3 is 0 Å². The number of aromatic nitrogens is 7. The molecule has 1 aliphatic carbocycles.